The molecule has 0 spiro atoms. The summed E-state index contributed by atoms with van der Waals surface area (Å²) in [4.78, 5) is 15.2. The Morgan fingerprint density at radius 3 is 2.42 bits per heavy atom. The average Bonchev–Trinajstić information content (AvgIpc) is 3.23. The smallest absolute Gasteiger partial charge is 0.225 e. The van der Waals surface area contributed by atoms with Crippen LogP contribution in [0.3, 0.4) is 0 Å². The van der Waals surface area contributed by atoms with E-state index in [9.17, 15) is 13.9 Å². The minimum atomic E-state index is -0.670. The van der Waals surface area contributed by atoms with Gasteiger partial charge in [-0.05, 0) is 43.7 Å². The molecular formula is C23H23F2N7O. The topological polar surface area (TPSA) is 103 Å². The highest BCUT2D eigenvalue weighted by Crippen LogP contribution is 2.31. The van der Waals surface area contributed by atoms with Crippen LogP contribution < -0.4 is 10.2 Å². The molecule has 1 aliphatic heterocycles. The van der Waals surface area contributed by atoms with E-state index in [1.807, 2.05) is 4.90 Å². The molecule has 4 heterocycles. The Bertz CT molecular complexity index is 1260. The summed E-state index contributed by atoms with van der Waals surface area (Å²) in [6.45, 7) is 1.76. The number of H-pyrrole nitrogens is 1. The zero-order chi connectivity index (χ0) is 22.9. The Morgan fingerprint density at radius 1 is 1.06 bits per heavy atom. The molecule has 0 bridgehead atoms. The number of hydrogen-bond acceptors (Lipinski definition) is 7. The van der Waals surface area contributed by atoms with Crippen molar-refractivity contribution in [2.75, 3.05) is 25.0 Å². The van der Waals surface area contributed by atoms with Crippen LogP contribution in [0.4, 0.5) is 14.7 Å². The second kappa shape index (κ2) is 8.80. The van der Waals surface area contributed by atoms with Gasteiger partial charge < -0.3 is 15.3 Å². The molecule has 3 N–H and O–H groups in total. The summed E-state index contributed by atoms with van der Waals surface area (Å²) in [6, 6.07) is 4.24. The molecular weight excluding hydrogens is 428 g/mol. The molecule has 0 aliphatic carbocycles. The molecule has 5 rings (SSSR count). The van der Waals surface area contributed by atoms with Gasteiger partial charge in [0, 0.05) is 43.0 Å². The van der Waals surface area contributed by atoms with E-state index in [1.165, 1.54) is 18.3 Å². The number of anilines is 1. The standard InChI is InChI=1S/C23H23F2N7O/c1-26-9-13-6-17(24)21(18(25)7-13)19-8-16-20(12-27-19)30-31-22(16)14-10-28-23(29-11-14)32-4-2-15(33)3-5-32/h6-8,10-12,15,26,33H,2-5,9H2,1H3,(H,30,31). The first-order valence-corrected chi connectivity index (χ1v) is 10.8. The summed E-state index contributed by atoms with van der Waals surface area (Å²) >= 11 is 0. The number of aliphatic hydroxyl groups excluding tert-OH is 1. The summed E-state index contributed by atoms with van der Waals surface area (Å²) in [5, 5.41) is 20.5. The average molecular weight is 451 g/mol. The van der Waals surface area contributed by atoms with Crippen molar-refractivity contribution in [3.05, 3.63) is 54.0 Å². The molecule has 1 aliphatic rings. The van der Waals surface area contributed by atoms with Gasteiger partial charge in [-0.1, -0.05) is 0 Å². The van der Waals surface area contributed by atoms with Crippen LogP contribution in [0.5, 0.6) is 0 Å². The number of fused-ring (bicyclic) bond motifs is 1. The van der Waals surface area contributed by atoms with Crippen molar-refractivity contribution in [2.24, 2.45) is 0 Å². The van der Waals surface area contributed by atoms with E-state index in [0.29, 0.717) is 66.1 Å². The first-order chi connectivity index (χ1) is 16.0. The van der Waals surface area contributed by atoms with Gasteiger partial charge in [0.05, 0.1) is 29.1 Å². The number of nitrogens with one attached hydrogen (secondary N) is 2. The Hall–Kier alpha value is -3.50. The minimum Gasteiger partial charge on any atom is -0.393 e. The molecule has 4 aromatic rings. The van der Waals surface area contributed by atoms with Gasteiger partial charge in [0.1, 0.15) is 17.3 Å². The number of pyridine rings is 1. The van der Waals surface area contributed by atoms with Crippen LogP contribution in [-0.4, -0.2) is 56.5 Å². The number of aliphatic hydroxyl groups is 1. The van der Waals surface area contributed by atoms with Gasteiger partial charge in [-0.25, -0.2) is 18.7 Å². The Labute approximate surface area is 188 Å². The highest BCUT2D eigenvalue weighted by molar-refractivity contribution is 5.94. The van der Waals surface area contributed by atoms with Crippen molar-refractivity contribution >= 4 is 16.9 Å². The van der Waals surface area contributed by atoms with Gasteiger partial charge in [0.15, 0.2) is 0 Å². The van der Waals surface area contributed by atoms with Gasteiger partial charge in [0.25, 0.3) is 0 Å². The molecule has 10 heteroatoms. The summed E-state index contributed by atoms with van der Waals surface area (Å²) in [7, 11) is 1.72. The Balaban J connectivity index is 1.48. The van der Waals surface area contributed by atoms with E-state index in [4.69, 9.17) is 0 Å². The molecule has 0 unspecified atom stereocenters. The second-order valence-corrected chi connectivity index (χ2v) is 8.14. The molecule has 1 saturated heterocycles. The largest absolute Gasteiger partial charge is 0.393 e. The van der Waals surface area contributed by atoms with Crippen molar-refractivity contribution in [3.8, 4) is 22.5 Å². The number of hydrogen-bond donors (Lipinski definition) is 3. The molecule has 8 nitrogen and oxygen atoms in total. The van der Waals surface area contributed by atoms with Crippen molar-refractivity contribution in [1.29, 1.82) is 0 Å². The molecule has 0 saturated carbocycles. The molecule has 1 aromatic carbocycles. The molecule has 0 atom stereocenters. The normalized spacial score (nSPS) is 14.8. The third-order valence-electron chi connectivity index (χ3n) is 5.85. The third kappa shape index (κ3) is 4.14. The quantitative estimate of drug-likeness (QED) is 0.429. The number of benzene rings is 1. The number of piperidine rings is 1. The lowest BCUT2D eigenvalue weighted by Crippen LogP contribution is -2.36. The van der Waals surface area contributed by atoms with Crippen molar-refractivity contribution in [2.45, 2.75) is 25.5 Å². The molecule has 170 valence electrons. The van der Waals surface area contributed by atoms with Gasteiger partial charge in [0.2, 0.25) is 5.95 Å². The predicted octanol–water partition coefficient (Wildman–Crippen LogP) is 3.04. The molecule has 0 radical (unpaired) electrons. The predicted molar refractivity (Wildman–Crippen MR) is 120 cm³/mol. The van der Waals surface area contributed by atoms with E-state index < -0.39 is 11.6 Å². The van der Waals surface area contributed by atoms with Crippen LogP contribution in [0.2, 0.25) is 0 Å². The highest BCUT2D eigenvalue weighted by atomic mass is 19.1. The second-order valence-electron chi connectivity index (χ2n) is 8.14. The Kier molecular flexibility index (Phi) is 5.69. The maximum absolute atomic E-state index is 14.7. The lowest BCUT2D eigenvalue weighted by Gasteiger charge is -2.29. The summed E-state index contributed by atoms with van der Waals surface area (Å²) in [5.74, 6) is -0.744. The van der Waals surface area contributed by atoms with Gasteiger partial charge >= 0.3 is 0 Å². The number of rotatable bonds is 5. The monoisotopic (exact) mass is 451 g/mol. The molecule has 0 amide bonds. The van der Waals surface area contributed by atoms with Crippen molar-refractivity contribution in [3.63, 3.8) is 0 Å². The molecule has 33 heavy (non-hydrogen) atoms. The Morgan fingerprint density at radius 2 is 1.76 bits per heavy atom. The zero-order valence-electron chi connectivity index (χ0n) is 18.0. The number of nitrogens with zero attached hydrogens (tertiary/aromatic N) is 5. The maximum Gasteiger partial charge on any atom is 0.225 e. The number of aromatic nitrogens is 5. The van der Waals surface area contributed by atoms with Crippen LogP contribution in [0.25, 0.3) is 33.4 Å². The van der Waals surface area contributed by atoms with Gasteiger partial charge in [-0.2, -0.15) is 5.10 Å². The van der Waals surface area contributed by atoms with E-state index in [2.05, 4.69) is 30.5 Å². The summed E-state index contributed by atoms with van der Waals surface area (Å²) in [6.07, 6.45) is 5.97. The lowest BCUT2D eigenvalue weighted by molar-refractivity contribution is 0.145. The van der Waals surface area contributed by atoms with Gasteiger partial charge in [-0.15, -0.1) is 0 Å². The molecule has 1 fully saturated rings. The van der Waals surface area contributed by atoms with Crippen LogP contribution in [0, 0.1) is 11.6 Å². The fourth-order valence-electron chi connectivity index (χ4n) is 4.12. The first-order valence-electron chi connectivity index (χ1n) is 10.8. The van der Waals surface area contributed by atoms with E-state index in [0.717, 1.165) is 0 Å². The number of halogens is 2. The zero-order valence-corrected chi connectivity index (χ0v) is 18.0. The van der Waals surface area contributed by atoms with Crippen LogP contribution >= 0.6 is 0 Å². The fourth-order valence-corrected chi connectivity index (χ4v) is 4.12. The first kappa shape index (κ1) is 21.4. The van der Waals surface area contributed by atoms with Crippen LogP contribution in [-0.2, 0) is 6.54 Å². The lowest BCUT2D eigenvalue weighted by atomic mass is 10.0. The highest BCUT2D eigenvalue weighted by Gasteiger charge is 2.20. The van der Waals surface area contributed by atoms with Crippen LogP contribution in [0.1, 0.15) is 18.4 Å². The minimum absolute atomic E-state index is 0.178. The molecule has 3 aromatic heterocycles. The van der Waals surface area contributed by atoms with E-state index in [1.54, 1.807) is 25.5 Å². The third-order valence-corrected chi connectivity index (χ3v) is 5.85. The SMILES string of the molecule is CNCc1cc(F)c(-c2cc3c(-c4cnc(N5CCC(O)CC5)nc4)n[nH]c3cn2)c(F)c1. The number of aromatic amines is 1. The van der Waals surface area contributed by atoms with Crippen molar-refractivity contribution in [1.82, 2.24) is 30.5 Å². The van der Waals surface area contributed by atoms with Crippen molar-refractivity contribution < 1.29 is 13.9 Å². The van der Waals surface area contributed by atoms with E-state index in [-0.39, 0.29) is 17.4 Å². The summed E-state index contributed by atoms with van der Waals surface area (Å²) < 4.78 is 29.5. The van der Waals surface area contributed by atoms with E-state index >= 15 is 0 Å². The maximum atomic E-state index is 14.7. The van der Waals surface area contributed by atoms with Crippen LogP contribution in [0.15, 0.2) is 36.8 Å². The summed E-state index contributed by atoms with van der Waals surface area (Å²) in [5.41, 5.74) is 2.40. The fraction of sp³-hybridized carbons (Fsp3) is 0.304. The van der Waals surface area contributed by atoms with Gasteiger partial charge in [-0.3, -0.25) is 10.1 Å².